The van der Waals surface area contributed by atoms with E-state index in [-0.39, 0.29) is 6.04 Å². The Bertz CT molecular complexity index is 557. The van der Waals surface area contributed by atoms with Crippen LogP contribution in [0.1, 0.15) is 24.9 Å². The largest absolute Gasteiger partial charge is 0.324 e. The van der Waals surface area contributed by atoms with Crippen LogP contribution in [0, 0.1) is 5.92 Å². The van der Waals surface area contributed by atoms with E-state index in [4.69, 9.17) is 5.73 Å². The van der Waals surface area contributed by atoms with E-state index >= 15 is 0 Å². The van der Waals surface area contributed by atoms with Crippen molar-refractivity contribution in [3.05, 3.63) is 29.8 Å². The second-order valence-electron chi connectivity index (χ2n) is 5.63. The molecule has 1 fully saturated rings. The SMILES string of the molecule is CC(N)c1cccc(S(=O)(=O)NCC2CCN(C)C2)c1. The first-order chi connectivity index (χ1) is 9.38. The summed E-state index contributed by atoms with van der Waals surface area (Å²) in [6.45, 7) is 4.32. The highest BCUT2D eigenvalue weighted by Crippen LogP contribution is 2.17. The topological polar surface area (TPSA) is 75.4 Å². The molecule has 2 atom stereocenters. The van der Waals surface area contributed by atoms with Gasteiger partial charge in [-0.15, -0.1) is 0 Å². The number of hydrogen-bond donors (Lipinski definition) is 2. The number of nitrogens with one attached hydrogen (secondary N) is 1. The van der Waals surface area contributed by atoms with Crippen molar-refractivity contribution >= 4 is 10.0 Å². The second-order valence-corrected chi connectivity index (χ2v) is 7.40. The molecule has 0 aliphatic carbocycles. The third-order valence-corrected chi connectivity index (χ3v) is 5.17. The van der Waals surface area contributed by atoms with Crippen molar-refractivity contribution in [2.75, 3.05) is 26.7 Å². The zero-order chi connectivity index (χ0) is 14.8. The Morgan fingerprint density at radius 2 is 2.25 bits per heavy atom. The Labute approximate surface area is 121 Å². The van der Waals surface area contributed by atoms with E-state index in [0.29, 0.717) is 17.4 Å². The van der Waals surface area contributed by atoms with Crippen molar-refractivity contribution in [1.82, 2.24) is 9.62 Å². The van der Waals surface area contributed by atoms with E-state index < -0.39 is 10.0 Å². The quantitative estimate of drug-likeness (QED) is 0.848. The first-order valence-corrected chi connectivity index (χ1v) is 8.40. The lowest BCUT2D eigenvalue weighted by Crippen LogP contribution is -2.30. The van der Waals surface area contributed by atoms with Gasteiger partial charge in [0.05, 0.1) is 4.90 Å². The Balaban J connectivity index is 2.04. The minimum atomic E-state index is -3.45. The first-order valence-electron chi connectivity index (χ1n) is 6.92. The molecule has 0 aromatic heterocycles. The van der Waals surface area contributed by atoms with E-state index in [9.17, 15) is 8.42 Å². The van der Waals surface area contributed by atoms with Crippen LogP contribution in [-0.4, -0.2) is 40.0 Å². The summed E-state index contributed by atoms with van der Waals surface area (Å²) in [6.07, 6.45) is 1.04. The average molecular weight is 297 g/mol. The van der Waals surface area contributed by atoms with Gasteiger partial charge in [0, 0.05) is 19.1 Å². The number of nitrogens with two attached hydrogens (primary N) is 1. The fraction of sp³-hybridized carbons (Fsp3) is 0.571. The summed E-state index contributed by atoms with van der Waals surface area (Å²) in [7, 11) is -1.39. The highest BCUT2D eigenvalue weighted by Gasteiger charge is 2.22. The van der Waals surface area contributed by atoms with Crippen LogP contribution in [-0.2, 0) is 10.0 Å². The van der Waals surface area contributed by atoms with Crippen molar-refractivity contribution < 1.29 is 8.42 Å². The zero-order valence-electron chi connectivity index (χ0n) is 12.0. The molecule has 0 spiro atoms. The summed E-state index contributed by atoms with van der Waals surface area (Å²) in [5, 5.41) is 0. The standard InChI is InChI=1S/C14H23N3O2S/c1-11(15)13-4-3-5-14(8-13)20(18,19)16-9-12-6-7-17(2)10-12/h3-5,8,11-12,16H,6-7,9-10,15H2,1-2H3. The highest BCUT2D eigenvalue weighted by atomic mass is 32.2. The van der Waals surface area contributed by atoms with Gasteiger partial charge in [-0.3, -0.25) is 0 Å². The molecule has 1 aliphatic heterocycles. The zero-order valence-corrected chi connectivity index (χ0v) is 12.9. The van der Waals surface area contributed by atoms with Crippen LogP contribution in [0.4, 0.5) is 0 Å². The third-order valence-electron chi connectivity index (χ3n) is 3.75. The van der Waals surface area contributed by atoms with Gasteiger partial charge >= 0.3 is 0 Å². The van der Waals surface area contributed by atoms with E-state index in [0.717, 1.165) is 25.1 Å². The molecule has 0 amide bonds. The van der Waals surface area contributed by atoms with Gasteiger partial charge in [0.25, 0.3) is 0 Å². The summed E-state index contributed by atoms with van der Waals surface area (Å²) < 4.78 is 27.3. The minimum absolute atomic E-state index is 0.173. The first kappa shape index (κ1) is 15.4. The highest BCUT2D eigenvalue weighted by molar-refractivity contribution is 7.89. The molecule has 1 saturated heterocycles. The van der Waals surface area contributed by atoms with E-state index in [1.807, 2.05) is 13.0 Å². The van der Waals surface area contributed by atoms with Crippen molar-refractivity contribution in [3.63, 3.8) is 0 Å². The molecule has 1 aliphatic rings. The predicted octanol–water partition coefficient (Wildman–Crippen LogP) is 0.936. The number of nitrogens with zero attached hydrogens (tertiary/aromatic N) is 1. The number of rotatable bonds is 5. The molecule has 0 saturated carbocycles. The van der Waals surface area contributed by atoms with Gasteiger partial charge in [0.2, 0.25) is 10.0 Å². The monoisotopic (exact) mass is 297 g/mol. The number of benzene rings is 1. The van der Waals surface area contributed by atoms with Crippen molar-refractivity contribution in [1.29, 1.82) is 0 Å². The number of sulfonamides is 1. The van der Waals surface area contributed by atoms with Gasteiger partial charge in [-0.2, -0.15) is 0 Å². The summed E-state index contributed by atoms with van der Waals surface area (Å²) in [5.41, 5.74) is 6.62. The summed E-state index contributed by atoms with van der Waals surface area (Å²) in [5.74, 6) is 0.395. The van der Waals surface area contributed by atoms with Crippen LogP contribution in [0.25, 0.3) is 0 Å². The Hall–Kier alpha value is -0.950. The molecule has 6 heteroatoms. The summed E-state index contributed by atoms with van der Waals surface area (Å²) in [4.78, 5) is 2.51. The van der Waals surface area contributed by atoms with E-state index in [1.165, 1.54) is 0 Å². The maximum absolute atomic E-state index is 12.3. The van der Waals surface area contributed by atoms with E-state index in [2.05, 4.69) is 16.7 Å². The fourth-order valence-electron chi connectivity index (χ4n) is 2.47. The maximum Gasteiger partial charge on any atom is 0.240 e. The second kappa shape index (κ2) is 6.22. The molecule has 2 unspecified atom stereocenters. The van der Waals surface area contributed by atoms with Gasteiger partial charge in [0.1, 0.15) is 0 Å². The van der Waals surface area contributed by atoms with Crippen LogP contribution >= 0.6 is 0 Å². The van der Waals surface area contributed by atoms with Crippen LogP contribution < -0.4 is 10.5 Å². The average Bonchev–Trinajstić information content (AvgIpc) is 2.82. The van der Waals surface area contributed by atoms with Crippen LogP contribution in [0.2, 0.25) is 0 Å². The van der Waals surface area contributed by atoms with Crippen LogP contribution in [0.3, 0.4) is 0 Å². The Morgan fingerprint density at radius 3 is 2.85 bits per heavy atom. The molecule has 5 nitrogen and oxygen atoms in total. The molecule has 1 heterocycles. The van der Waals surface area contributed by atoms with Gasteiger partial charge in [-0.1, -0.05) is 12.1 Å². The molecular weight excluding hydrogens is 274 g/mol. The normalized spacial score (nSPS) is 22.1. The lowest BCUT2D eigenvalue weighted by molar-refractivity contribution is 0.394. The smallest absolute Gasteiger partial charge is 0.240 e. The summed E-state index contributed by atoms with van der Waals surface area (Å²) in [6, 6.07) is 6.66. The van der Waals surface area contributed by atoms with E-state index in [1.54, 1.807) is 18.2 Å². The Morgan fingerprint density at radius 1 is 1.50 bits per heavy atom. The molecule has 0 bridgehead atoms. The Kier molecular flexibility index (Phi) is 4.80. The van der Waals surface area contributed by atoms with Crippen LogP contribution in [0.15, 0.2) is 29.2 Å². The molecule has 0 radical (unpaired) electrons. The number of hydrogen-bond acceptors (Lipinski definition) is 4. The fourth-order valence-corrected chi connectivity index (χ4v) is 3.64. The molecule has 1 aromatic rings. The minimum Gasteiger partial charge on any atom is -0.324 e. The van der Waals surface area contributed by atoms with Gasteiger partial charge < -0.3 is 10.6 Å². The van der Waals surface area contributed by atoms with Gasteiger partial charge in [-0.05, 0) is 50.6 Å². The molecular formula is C14H23N3O2S. The molecule has 20 heavy (non-hydrogen) atoms. The maximum atomic E-state index is 12.3. The van der Waals surface area contributed by atoms with Crippen molar-refractivity contribution in [2.24, 2.45) is 11.7 Å². The molecule has 1 aromatic carbocycles. The van der Waals surface area contributed by atoms with Crippen molar-refractivity contribution in [2.45, 2.75) is 24.3 Å². The third kappa shape index (κ3) is 3.79. The molecule has 3 N–H and O–H groups in total. The van der Waals surface area contributed by atoms with Gasteiger partial charge in [-0.25, -0.2) is 13.1 Å². The van der Waals surface area contributed by atoms with Crippen molar-refractivity contribution in [3.8, 4) is 0 Å². The lowest BCUT2D eigenvalue weighted by Gasteiger charge is -2.13. The van der Waals surface area contributed by atoms with Crippen LogP contribution in [0.5, 0.6) is 0 Å². The molecule has 112 valence electrons. The predicted molar refractivity (Wildman–Crippen MR) is 79.8 cm³/mol. The summed E-state index contributed by atoms with van der Waals surface area (Å²) >= 11 is 0. The molecule has 2 rings (SSSR count). The lowest BCUT2D eigenvalue weighted by atomic mass is 10.1. The number of likely N-dealkylation sites (tertiary alicyclic amines) is 1. The van der Waals surface area contributed by atoms with Gasteiger partial charge in [0.15, 0.2) is 0 Å².